The van der Waals surface area contributed by atoms with Gasteiger partial charge in [-0.3, -0.25) is 14.2 Å². The van der Waals surface area contributed by atoms with Crippen LogP contribution in [0.25, 0.3) is 10.9 Å². The first-order valence-corrected chi connectivity index (χ1v) is 9.61. The Morgan fingerprint density at radius 1 is 1.29 bits per heavy atom. The fourth-order valence-electron chi connectivity index (χ4n) is 3.60. The van der Waals surface area contributed by atoms with Crippen molar-refractivity contribution < 1.29 is 4.79 Å². The lowest BCUT2D eigenvalue weighted by Crippen LogP contribution is -2.35. The SMILES string of the molecule is CC(=O)CSc1nc2ccccc2c(=O)n1[C@@H]1CCC[C@@H](C)[C@H]1C. The summed E-state index contributed by atoms with van der Waals surface area (Å²) in [6, 6.07) is 7.64. The third-order valence-electron chi connectivity index (χ3n) is 5.18. The van der Waals surface area contributed by atoms with Crippen molar-refractivity contribution >= 4 is 28.4 Å². The number of rotatable bonds is 4. The minimum atomic E-state index is 0.0256. The molecule has 1 aliphatic carbocycles. The van der Waals surface area contributed by atoms with Gasteiger partial charge in [0.15, 0.2) is 5.16 Å². The van der Waals surface area contributed by atoms with Gasteiger partial charge in [-0.05, 0) is 37.3 Å². The van der Waals surface area contributed by atoms with E-state index >= 15 is 0 Å². The Labute approximate surface area is 146 Å². The summed E-state index contributed by atoms with van der Waals surface area (Å²) in [6.07, 6.45) is 3.34. The van der Waals surface area contributed by atoms with Crippen LogP contribution in [0.1, 0.15) is 46.1 Å². The topological polar surface area (TPSA) is 52.0 Å². The van der Waals surface area contributed by atoms with E-state index in [1.165, 1.54) is 18.2 Å². The highest BCUT2D eigenvalue weighted by molar-refractivity contribution is 7.99. The summed E-state index contributed by atoms with van der Waals surface area (Å²) in [5, 5.41) is 1.34. The van der Waals surface area contributed by atoms with Gasteiger partial charge in [0, 0.05) is 6.04 Å². The predicted molar refractivity (Wildman–Crippen MR) is 98.6 cm³/mol. The second-order valence-corrected chi connectivity index (χ2v) is 7.85. The van der Waals surface area contributed by atoms with Crippen LogP contribution in [0, 0.1) is 11.8 Å². The van der Waals surface area contributed by atoms with Crippen LogP contribution in [-0.4, -0.2) is 21.1 Å². The van der Waals surface area contributed by atoms with E-state index in [0.29, 0.717) is 33.6 Å². The summed E-state index contributed by atoms with van der Waals surface area (Å²) < 4.78 is 1.87. The van der Waals surface area contributed by atoms with Crippen LogP contribution in [0.2, 0.25) is 0 Å². The molecule has 0 unspecified atom stereocenters. The lowest BCUT2D eigenvalue weighted by atomic mass is 9.78. The van der Waals surface area contributed by atoms with Crippen molar-refractivity contribution in [1.29, 1.82) is 0 Å². The molecular weight excluding hydrogens is 320 g/mol. The molecule has 24 heavy (non-hydrogen) atoms. The normalized spacial score (nSPS) is 24.2. The van der Waals surface area contributed by atoms with Crippen LogP contribution in [-0.2, 0) is 4.79 Å². The second kappa shape index (κ2) is 7.09. The quantitative estimate of drug-likeness (QED) is 0.619. The van der Waals surface area contributed by atoms with Crippen molar-refractivity contribution in [2.75, 3.05) is 5.75 Å². The van der Waals surface area contributed by atoms with Crippen molar-refractivity contribution in [2.24, 2.45) is 11.8 Å². The smallest absolute Gasteiger partial charge is 0.262 e. The molecule has 2 aromatic rings. The van der Waals surface area contributed by atoms with Crippen LogP contribution in [0.15, 0.2) is 34.2 Å². The number of thioether (sulfide) groups is 1. The number of aromatic nitrogens is 2. The van der Waals surface area contributed by atoms with Gasteiger partial charge in [0.25, 0.3) is 5.56 Å². The fraction of sp³-hybridized carbons (Fsp3) is 0.526. The number of Topliss-reactive ketones (excluding diaryl/α,β-unsaturated/α-hetero) is 1. The Kier molecular flexibility index (Phi) is 5.09. The summed E-state index contributed by atoms with van der Waals surface area (Å²) in [7, 11) is 0. The van der Waals surface area contributed by atoms with E-state index in [4.69, 9.17) is 4.98 Å². The molecule has 0 bridgehead atoms. The Morgan fingerprint density at radius 3 is 2.79 bits per heavy atom. The average Bonchev–Trinajstić information content (AvgIpc) is 2.56. The molecule has 1 fully saturated rings. The molecule has 0 spiro atoms. The molecule has 3 atom stereocenters. The largest absolute Gasteiger partial charge is 0.299 e. The van der Waals surface area contributed by atoms with Gasteiger partial charge in [-0.15, -0.1) is 0 Å². The number of nitrogens with zero attached hydrogens (tertiary/aromatic N) is 2. The maximum absolute atomic E-state index is 13.2. The predicted octanol–water partition coefficient (Wildman–Crippen LogP) is 4.07. The molecule has 0 saturated heterocycles. The van der Waals surface area contributed by atoms with Gasteiger partial charge in [-0.1, -0.05) is 50.6 Å². The lowest BCUT2D eigenvalue weighted by Gasteiger charge is -2.36. The average molecular weight is 344 g/mol. The van der Waals surface area contributed by atoms with Crippen LogP contribution in [0.3, 0.4) is 0 Å². The number of benzene rings is 1. The van der Waals surface area contributed by atoms with Crippen molar-refractivity contribution in [3.05, 3.63) is 34.6 Å². The lowest BCUT2D eigenvalue weighted by molar-refractivity contribution is -0.114. The maximum Gasteiger partial charge on any atom is 0.262 e. The van der Waals surface area contributed by atoms with Gasteiger partial charge in [0.2, 0.25) is 0 Å². The van der Waals surface area contributed by atoms with E-state index in [1.54, 1.807) is 6.92 Å². The molecule has 1 aromatic heterocycles. The summed E-state index contributed by atoms with van der Waals surface area (Å²) in [5.74, 6) is 1.46. The molecule has 5 heteroatoms. The molecule has 0 amide bonds. The minimum Gasteiger partial charge on any atom is -0.299 e. The zero-order valence-corrected chi connectivity index (χ0v) is 15.3. The highest BCUT2D eigenvalue weighted by Gasteiger charge is 2.31. The van der Waals surface area contributed by atoms with E-state index in [2.05, 4.69) is 13.8 Å². The first kappa shape index (κ1) is 17.2. The molecule has 3 rings (SSSR count). The van der Waals surface area contributed by atoms with Crippen molar-refractivity contribution in [2.45, 2.75) is 51.2 Å². The molecule has 128 valence electrons. The van der Waals surface area contributed by atoms with Crippen LogP contribution < -0.4 is 5.56 Å². The highest BCUT2D eigenvalue weighted by atomic mass is 32.2. The molecule has 1 aliphatic rings. The molecule has 1 heterocycles. The second-order valence-electron chi connectivity index (χ2n) is 6.91. The van der Waals surface area contributed by atoms with E-state index < -0.39 is 0 Å². The number of para-hydroxylation sites is 1. The maximum atomic E-state index is 13.2. The van der Waals surface area contributed by atoms with Crippen LogP contribution >= 0.6 is 11.8 Å². The number of fused-ring (bicyclic) bond motifs is 1. The fourth-order valence-corrected chi connectivity index (χ4v) is 4.46. The summed E-state index contributed by atoms with van der Waals surface area (Å²) in [5.41, 5.74) is 0.735. The Morgan fingerprint density at radius 2 is 2.04 bits per heavy atom. The summed E-state index contributed by atoms with van der Waals surface area (Å²) in [6.45, 7) is 6.07. The van der Waals surface area contributed by atoms with Crippen LogP contribution in [0.5, 0.6) is 0 Å². The Balaban J connectivity index is 2.15. The Hall–Kier alpha value is -1.62. The molecular formula is C19H24N2O2S. The number of hydrogen-bond donors (Lipinski definition) is 0. The monoisotopic (exact) mass is 344 g/mol. The van der Waals surface area contributed by atoms with E-state index in [0.717, 1.165) is 12.8 Å². The molecule has 0 aliphatic heterocycles. The third-order valence-corrected chi connectivity index (χ3v) is 6.27. The summed E-state index contributed by atoms with van der Waals surface area (Å²) in [4.78, 5) is 29.3. The molecule has 4 nitrogen and oxygen atoms in total. The highest BCUT2D eigenvalue weighted by Crippen LogP contribution is 2.38. The number of hydrogen-bond acceptors (Lipinski definition) is 4. The number of carbonyl (C=O) groups excluding carboxylic acids is 1. The van der Waals surface area contributed by atoms with E-state index in [-0.39, 0.29) is 17.4 Å². The first-order valence-electron chi connectivity index (χ1n) is 8.62. The van der Waals surface area contributed by atoms with Crippen molar-refractivity contribution in [1.82, 2.24) is 9.55 Å². The van der Waals surface area contributed by atoms with Gasteiger partial charge >= 0.3 is 0 Å². The number of carbonyl (C=O) groups is 1. The molecule has 0 N–H and O–H groups in total. The molecule has 1 saturated carbocycles. The van der Waals surface area contributed by atoms with Gasteiger partial charge in [-0.25, -0.2) is 4.98 Å². The Bertz CT molecular complexity index is 815. The van der Waals surface area contributed by atoms with Crippen LogP contribution in [0.4, 0.5) is 0 Å². The molecule has 0 radical (unpaired) electrons. The van der Waals surface area contributed by atoms with Crippen molar-refractivity contribution in [3.63, 3.8) is 0 Å². The minimum absolute atomic E-state index is 0.0256. The van der Waals surface area contributed by atoms with E-state index in [1.807, 2.05) is 28.8 Å². The van der Waals surface area contributed by atoms with Gasteiger partial charge in [-0.2, -0.15) is 0 Å². The van der Waals surface area contributed by atoms with E-state index in [9.17, 15) is 9.59 Å². The summed E-state index contributed by atoms with van der Waals surface area (Å²) >= 11 is 1.38. The van der Waals surface area contributed by atoms with Gasteiger partial charge in [0.1, 0.15) is 5.78 Å². The van der Waals surface area contributed by atoms with Gasteiger partial charge < -0.3 is 0 Å². The molecule has 1 aromatic carbocycles. The third kappa shape index (κ3) is 3.27. The first-order chi connectivity index (χ1) is 11.5. The van der Waals surface area contributed by atoms with Gasteiger partial charge in [0.05, 0.1) is 16.7 Å². The standard InChI is InChI=1S/C19H24N2O2S/c1-12-7-6-10-17(14(12)3)21-18(23)15-8-4-5-9-16(15)20-19(21)24-11-13(2)22/h4-5,8-9,12,14,17H,6-7,10-11H2,1-3H3/t12-,14-,17-/m1/s1. The van der Waals surface area contributed by atoms with Crippen molar-refractivity contribution in [3.8, 4) is 0 Å². The zero-order valence-electron chi connectivity index (χ0n) is 14.5. The zero-order chi connectivity index (χ0) is 17.3. The number of ketones is 1.